The summed E-state index contributed by atoms with van der Waals surface area (Å²) in [7, 11) is 0. The van der Waals surface area contributed by atoms with Gasteiger partial charge < -0.3 is 9.47 Å². The molecule has 0 radical (unpaired) electrons. The van der Waals surface area contributed by atoms with Gasteiger partial charge in [0.1, 0.15) is 0 Å². The second-order valence-corrected chi connectivity index (χ2v) is 4.30. The van der Waals surface area contributed by atoms with Crippen LogP contribution in [-0.4, -0.2) is 37.2 Å². The first-order valence-electron chi connectivity index (χ1n) is 6.44. The van der Waals surface area contributed by atoms with Crippen molar-refractivity contribution in [3.8, 4) is 0 Å². The molecular formula is C13H22FNO4. The fraction of sp³-hybridized carbons (Fsp3) is 0.769. The predicted molar refractivity (Wildman–Crippen MR) is 69.7 cm³/mol. The van der Waals surface area contributed by atoms with Gasteiger partial charge in [-0.1, -0.05) is 26.2 Å². The van der Waals surface area contributed by atoms with Crippen molar-refractivity contribution in [1.29, 1.82) is 0 Å². The van der Waals surface area contributed by atoms with Gasteiger partial charge in [-0.05, 0) is 20.3 Å². The summed E-state index contributed by atoms with van der Waals surface area (Å²) < 4.78 is 22.3. The first kappa shape index (κ1) is 17.5. The van der Waals surface area contributed by atoms with Gasteiger partial charge in [0.25, 0.3) is 6.30 Å². The molecule has 1 unspecified atom stereocenters. The second-order valence-electron chi connectivity index (χ2n) is 4.30. The molecule has 0 aliphatic heterocycles. The molecule has 19 heavy (non-hydrogen) atoms. The molecule has 0 spiro atoms. The Morgan fingerprint density at radius 3 is 2.42 bits per heavy atom. The number of carbonyl (C=O) groups is 2. The van der Waals surface area contributed by atoms with E-state index in [0.717, 1.165) is 25.7 Å². The number of carbonyl (C=O) groups excluding carboxylic acids is 2. The topological polar surface area (TPSA) is 65.0 Å². The van der Waals surface area contributed by atoms with Crippen LogP contribution in [0, 0.1) is 0 Å². The van der Waals surface area contributed by atoms with E-state index in [2.05, 4.69) is 16.7 Å². The van der Waals surface area contributed by atoms with Crippen molar-refractivity contribution in [1.82, 2.24) is 0 Å². The number of esters is 2. The highest BCUT2D eigenvalue weighted by Gasteiger charge is 2.18. The van der Waals surface area contributed by atoms with E-state index >= 15 is 0 Å². The maximum Gasteiger partial charge on any atom is 0.364 e. The number of rotatable bonds is 9. The summed E-state index contributed by atoms with van der Waals surface area (Å²) >= 11 is 0. The Morgan fingerprint density at radius 1 is 1.16 bits per heavy atom. The lowest BCUT2D eigenvalue weighted by molar-refractivity contribution is -0.161. The van der Waals surface area contributed by atoms with Gasteiger partial charge in [-0.3, -0.25) is 0 Å². The van der Waals surface area contributed by atoms with Gasteiger partial charge in [0.05, 0.1) is 6.61 Å². The Bertz CT molecular complexity index is 314. The molecule has 0 rings (SSSR count). The number of aliphatic imine (C=N–C) groups is 1. The predicted octanol–water partition coefficient (Wildman–Crippen LogP) is 2.43. The minimum absolute atomic E-state index is 0.293. The summed E-state index contributed by atoms with van der Waals surface area (Å²) in [5.41, 5.74) is 0.419. The van der Waals surface area contributed by atoms with Gasteiger partial charge in [0.2, 0.25) is 0 Å². The highest BCUT2D eigenvalue weighted by Crippen LogP contribution is 2.00. The van der Waals surface area contributed by atoms with Crippen LogP contribution in [0.25, 0.3) is 0 Å². The highest BCUT2D eigenvalue weighted by atomic mass is 19.1. The molecule has 0 saturated carbocycles. The van der Waals surface area contributed by atoms with Crippen molar-refractivity contribution in [3.05, 3.63) is 0 Å². The molecule has 0 aromatic carbocycles. The Morgan fingerprint density at radius 2 is 1.84 bits per heavy atom. The summed E-state index contributed by atoms with van der Waals surface area (Å²) in [5.74, 6) is -1.85. The Hall–Kier alpha value is -1.46. The van der Waals surface area contributed by atoms with Crippen LogP contribution in [0.3, 0.4) is 0 Å². The van der Waals surface area contributed by atoms with Crippen molar-refractivity contribution < 1.29 is 23.5 Å². The molecule has 0 N–H and O–H groups in total. The molecule has 5 nitrogen and oxygen atoms in total. The van der Waals surface area contributed by atoms with E-state index < -0.39 is 24.8 Å². The number of hydrogen-bond acceptors (Lipinski definition) is 5. The molecule has 0 aromatic heterocycles. The van der Waals surface area contributed by atoms with Crippen molar-refractivity contribution in [3.63, 3.8) is 0 Å². The van der Waals surface area contributed by atoms with Gasteiger partial charge in [-0.25, -0.2) is 19.0 Å². The third-order valence-electron chi connectivity index (χ3n) is 2.16. The van der Waals surface area contributed by atoms with Gasteiger partial charge in [-0.15, -0.1) is 0 Å². The third kappa shape index (κ3) is 10.2. The van der Waals surface area contributed by atoms with Crippen molar-refractivity contribution in [2.24, 2.45) is 4.99 Å². The summed E-state index contributed by atoms with van der Waals surface area (Å²) in [4.78, 5) is 25.6. The van der Waals surface area contributed by atoms with E-state index in [1.54, 1.807) is 13.8 Å². The van der Waals surface area contributed by atoms with E-state index in [4.69, 9.17) is 4.74 Å². The van der Waals surface area contributed by atoms with Crippen molar-refractivity contribution >= 4 is 17.7 Å². The Balaban J connectivity index is 3.72. The van der Waals surface area contributed by atoms with Crippen LogP contribution in [0.15, 0.2) is 4.99 Å². The maximum atomic E-state index is 13.1. The molecule has 0 amide bonds. The Labute approximate surface area is 113 Å². The van der Waals surface area contributed by atoms with Gasteiger partial charge >= 0.3 is 11.9 Å². The molecule has 0 aliphatic rings. The zero-order valence-corrected chi connectivity index (χ0v) is 11.8. The number of nitrogens with zero attached hydrogens (tertiary/aromatic N) is 1. The summed E-state index contributed by atoms with van der Waals surface area (Å²) in [6, 6.07) is 0. The van der Waals surface area contributed by atoms with Crippen molar-refractivity contribution in [2.45, 2.75) is 52.8 Å². The van der Waals surface area contributed by atoms with E-state index in [9.17, 15) is 14.0 Å². The normalized spacial score (nSPS) is 11.6. The van der Waals surface area contributed by atoms with Crippen LogP contribution >= 0.6 is 0 Å². The summed E-state index contributed by atoms with van der Waals surface area (Å²) in [6.45, 7) is 4.92. The molecule has 0 aliphatic carbocycles. The van der Waals surface area contributed by atoms with E-state index in [0.29, 0.717) is 12.3 Å². The lowest BCUT2D eigenvalue weighted by atomic mass is 10.2. The number of ether oxygens (including phenoxy) is 2. The Kier molecular flexibility index (Phi) is 9.66. The molecular weight excluding hydrogens is 253 g/mol. The fourth-order valence-electron chi connectivity index (χ4n) is 1.23. The number of unbranched alkanes of at least 4 members (excludes halogenated alkanes) is 3. The maximum absolute atomic E-state index is 13.1. The van der Waals surface area contributed by atoms with Crippen LogP contribution in [0.5, 0.6) is 0 Å². The molecule has 6 heteroatoms. The number of alkyl halides is 1. The summed E-state index contributed by atoms with van der Waals surface area (Å²) in [5, 5.41) is 0. The van der Waals surface area contributed by atoms with Gasteiger partial charge in [0, 0.05) is 5.71 Å². The average Bonchev–Trinajstić information content (AvgIpc) is 2.34. The third-order valence-corrected chi connectivity index (χ3v) is 2.16. The number of hydrogen-bond donors (Lipinski definition) is 0. The van der Waals surface area contributed by atoms with Crippen LogP contribution < -0.4 is 0 Å². The minimum Gasteiger partial charge on any atom is -0.463 e. The van der Waals surface area contributed by atoms with Crippen LogP contribution in [0.1, 0.15) is 46.5 Å². The quantitative estimate of drug-likeness (QED) is 0.280. The standard InChI is InChI=1S/C13H22FNO4/c1-4-5-6-7-8-18-11(16)9-19-13(17)12(14)15-10(2)3/h12H,4-9H2,1-3H3. The first-order chi connectivity index (χ1) is 8.97. The smallest absolute Gasteiger partial charge is 0.364 e. The molecule has 0 saturated heterocycles. The summed E-state index contributed by atoms with van der Waals surface area (Å²) in [6.07, 6.45) is 1.87. The molecule has 0 fully saturated rings. The highest BCUT2D eigenvalue weighted by molar-refractivity contribution is 5.84. The van der Waals surface area contributed by atoms with Crippen LogP contribution in [0.2, 0.25) is 0 Å². The first-order valence-corrected chi connectivity index (χ1v) is 6.44. The van der Waals surface area contributed by atoms with Crippen molar-refractivity contribution in [2.75, 3.05) is 13.2 Å². The lowest BCUT2D eigenvalue weighted by Crippen LogP contribution is -2.23. The zero-order chi connectivity index (χ0) is 14.7. The van der Waals surface area contributed by atoms with Crippen LogP contribution in [0.4, 0.5) is 4.39 Å². The molecule has 0 heterocycles. The fourth-order valence-corrected chi connectivity index (χ4v) is 1.23. The lowest BCUT2D eigenvalue weighted by Gasteiger charge is -2.07. The molecule has 1 atom stereocenters. The minimum atomic E-state index is -2.08. The largest absolute Gasteiger partial charge is 0.463 e. The number of halogens is 1. The molecule has 0 aromatic rings. The van der Waals surface area contributed by atoms with E-state index in [1.807, 2.05) is 0 Å². The van der Waals surface area contributed by atoms with Gasteiger partial charge in [-0.2, -0.15) is 0 Å². The zero-order valence-electron chi connectivity index (χ0n) is 11.8. The monoisotopic (exact) mass is 275 g/mol. The van der Waals surface area contributed by atoms with Crippen LogP contribution in [-0.2, 0) is 19.1 Å². The molecule has 110 valence electrons. The second kappa shape index (κ2) is 10.5. The average molecular weight is 275 g/mol. The van der Waals surface area contributed by atoms with E-state index in [1.165, 1.54) is 0 Å². The van der Waals surface area contributed by atoms with E-state index in [-0.39, 0.29) is 0 Å². The van der Waals surface area contributed by atoms with Gasteiger partial charge in [0.15, 0.2) is 6.61 Å². The molecule has 0 bridgehead atoms. The SMILES string of the molecule is CCCCCCOC(=O)COC(=O)C(F)N=C(C)C.